The Morgan fingerprint density at radius 1 is 1.33 bits per heavy atom. The number of aryl methyl sites for hydroxylation is 2. The molecule has 0 aliphatic heterocycles. The van der Waals surface area contributed by atoms with E-state index in [1.165, 1.54) is 0 Å². The predicted molar refractivity (Wildman–Crippen MR) is 79.9 cm³/mol. The van der Waals surface area contributed by atoms with Crippen molar-refractivity contribution in [3.63, 3.8) is 0 Å². The van der Waals surface area contributed by atoms with Crippen LogP contribution in [0.1, 0.15) is 31.4 Å². The van der Waals surface area contributed by atoms with Gasteiger partial charge in [0.25, 0.3) is 0 Å². The van der Waals surface area contributed by atoms with Gasteiger partial charge in [-0.2, -0.15) is 0 Å². The number of carbonyl (C=O) groups is 1. The predicted octanol–water partition coefficient (Wildman–Crippen LogP) is 2.56. The second-order valence-electron chi connectivity index (χ2n) is 4.07. The van der Waals surface area contributed by atoms with Crippen molar-refractivity contribution in [2.75, 3.05) is 10.6 Å². The Hall–Kier alpha value is -1.62. The van der Waals surface area contributed by atoms with Crippen LogP contribution in [0.3, 0.4) is 0 Å². The minimum atomic E-state index is 0.0165. The number of amides is 1. The molecule has 0 aromatic heterocycles. The highest BCUT2D eigenvalue weighted by molar-refractivity contribution is 7.80. The van der Waals surface area contributed by atoms with Crippen molar-refractivity contribution in [1.29, 1.82) is 0 Å². The van der Waals surface area contributed by atoms with Crippen molar-refractivity contribution in [3.8, 4) is 0 Å². The third-order valence-corrected chi connectivity index (χ3v) is 2.75. The highest BCUT2D eigenvalue weighted by atomic mass is 32.1. The van der Waals surface area contributed by atoms with Crippen molar-refractivity contribution < 1.29 is 4.79 Å². The van der Waals surface area contributed by atoms with E-state index in [4.69, 9.17) is 18.0 Å². The molecule has 0 fully saturated rings. The van der Waals surface area contributed by atoms with E-state index in [1.807, 2.05) is 32.9 Å². The van der Waals surface area contributed by atoms with E-state index in [0.29, 0.717) is 6.42 Å². The molecule has 0 aliphatic carbocycles. The Morgan fingerprint density at radius 2 is 2.00 bits per heavy atom. The lowest BCUT2D eigenvalue weighted by molar-refractivity contribution is -0.115. The Kier molecular flexibility index (Phi) is 5.09. The van der Waals surface area contributed by atoms with Gasteiger partial charge in [0.2, 0.25) is 5.91 Å². The van der Waals surface area contributed by atoms with E-state index in [9.17, 15) is 4.79 Å². The lowest BCUT2D eigenvalue weighted by atomic mass is 10.0. The summed E-state index contributed by atoms with van der Waals surface area (Å²) in [6.45, 7) is 5.83. The molecule has 0 unspecified atom stereocenters. The molecule has 0 radical (unpaired) electrons. The van der Waals surface area contributed by atoms with E-state index >= 15 is 0 Å². The van der Waals surface area contributed by atoms with Gasteiger partial charge in [-0.1, -0.05) is 13.8 Å². The van der Waals surface area contributed by atoms with Gasteiger partial charge < -0.3 is 16.4 Å². The van der Waals surface area contributed by atoms with E-state index in [1.54, 1.807) is 0 Å². The zero-order chi connectivity index (χ0) is 13.7. The quantitative estimate of drug-likeness (QED) is 0.732. The molecule has 0 saturated heterocycles. The molecule has 18 heavy (non-hydrogen) atoms. The summed E-state index contributed by atoms with van der Waals surface area (Å²) in [5, 5.41) is 6.08. The molecular formula is C13H19N3OS. The van der Waals surface area contributed by atoms with Crippen LogP contribution in [0, 0.1) is 6.92 Å². The summed E-state index contributed by atoms with van der Waals surface area (Å²) >= 11 is 4.82. The van der Waals surface area contributed by atoms with Crippen LogP contribution in [0.25, 0.3) is 0 Å². The van der Waals surface area contributed by atoms with Crippen molar-refractivity contribution in [3.05, 3.63) is 23.3 Å². The molecule has 0 saturated carbocycles. The minimum absolute atomic E-state index is 0.0165. The molecule has 0 atom stereocenters. The van der Waals surface area contributed by atoms with Gasteiger partial charge in [-0.05, 0) is 48.8 Å². The first-order valence-electron chi connectivity index (χ1n) is 5.97. The number of rotatable bonds is 4. The number of benzene rings is 1. The number of thiocarbonyl (C=S) groups is 1. The van der Waals surface area contributed by atoms with Gasteiger partial charge in [-0.25, -0.2) is 0 Å². The molecule has 1 aromatic rings. The van der Waals surface area contributed by atoms with E-state index < -0.39 is 0 Å². The molecule has 1 amide bonds. The minimum Gasteiger partial charge on any atom is -0.376 e. The maximum absolute atomic E-state index is 11.5. The van der Waals surface area contributed by atoms with Crippen LogP contribution in [0.5, 0.6) is 0 Å². The largest absolute Gasteiger partial charge is 0.376 e. The third-order valence-electron chi connectivity index (χ3n) is 2.65. The molecule has 0 heterocycles. The molecule has 0 spiro atoms. The maximum atomic E-state index is 11.5. The summed E-state index contributed by atoms with van der Waals surface area (Å²) in [7, 11) is 0. The van der Waals surface area contributed by atoms with Crippen molar-refractivity contribution in [2.24, 2.45) is 5.73 Å². The molecule has 1 aromatic carbocycles. The normalized spacial score (nSPS) is 9.94. The zero-order valence-electron chi connectivity index (χ0n) is 11.0. The summed E-state index contributed by atoms with van der Waals surface area (Å²) in [4.78, 5) is 11.5. The van der Waals surface area contributed by atoms with Crippen molar-refractivity contribution in [1.82, 2.24) is 0 Å². The van der Waals surface area contributed by atoms with Crippen LogP contribution >= 0.6 is 12.2 Å². The van der Waals surface area contributed by atoms with Crippen LogP contribution < -0.4 is 16.4 Å². The van der Waals surface area contributed by atoms with Crippen LogP contribution in [0.15, 0.2) is 12.1 Å². The summed E-state index contributed by atoms with van der Waals surface area (Å²) in [6.07, 6.45) is 1.29. The fourth-order valence-electron chi connectivity index (χ4n) is 1.76. The van der Waals surface area contributed by atoms with Gasteiger partial charge in [0, 0.05) is 17.8 Å². The average molecular weight is 265 g/mol. The number of nitrogens with one attached hydrogen (secondary N) is 2. The van der Waals surface area contributed by atoms with Gasteiger partial charge in [0.1, 0.15) is 0 Å². The van der Waals surface area contributed by atoms with Crippen LogP contribution in [0.4, 0.5) is 11.4 Å². The van der Waals surface area contributed by atoms with Crippen LogP contribution in [-0.2, 0) is 11.2 Å². The number of hydrogen-bond acceptors (Lipinski definition) is 2. The smallest absolute Gasteiger partial charge is 0.224 e. The summed E-state index contributed by atoms with van der Waals surface area (Å²) in [6, 6.07) is 3.88. The first kappa shape index (κ1) is 14.4. The molecule has 1 rings (SSSR count). The molecule has 4 N–H and O–H groups in total. The molecule has 0 aliphatic rings. The molecule has 5 heteroatoms. The Balaban J connectivity index is 3.11. The number of nitrogens with two attached hydrogens (primary N) is 1. The number of carbonyl (C=O) groups excluding carboxylic acids is 1. The fourth-order valence-corrected chi connectivity index (χ4v) is 1.88. The van der Waals surface area contributed by atoms with Crippen molar-refractivity contribution >= 4 is 34.6 Å². The maximum Gasteiger partial charge on any atom is 0.224 e. The zero-order valence-corrected chi connectivity index (χ0v) is 11.8. The van der Waals surface area contributed by atoms with E-state index in [2.05, 4.69) is 10.6 Å². The van der Waals surface area contributed by atoms with Crippen LogP contribution in [0.2, 0.25) is 0 Å². The van der Waals surface area contributed by atoms with E-state index in [0.717, 1.165) is 28.9 Å². The topological polar surface area (TPSA) is 67.2 Å². The standard InChI is InChI=1S/C13H19N3OS/c1-4-9-7-10(15-13(14)18)6-8(3)12(9)16-11(17)5-2/h6-7H,4-5H2,1-3H3,(H,16,17)(H3,14,15,18). The second-order valence-corrected chi connectivity index (χ2v) is 4.51. The third kappa shape index (κ3) is 3.70. The SMILES string of the molecule is CCC(=O)Nc1c(C)cc(NC(N)=S)cc1CC. The summed E-state index contributed by atoms with van der Waals surface area (Å²) in [5.41, 5.74) is 9.26. The van der Waals surface area contributed by atoms with Gasteiger partial charge in [-0.3, -0.25) is 4.79 Å². The molecule has 4 nitrogen and oxygen atoms in total. The van der Waals surface area contributed by atoms with Gasteiger partial charge in [-0.15, -0.1) is 0 Å². The number of anilines is 2. The fraction of sp³-hybridized carbons (Fsp3) is 0.385. The lowest BCUT2D eigenvalue weighted by Crippen LogP contribution is -2.19. The average Bonchev–Trinajstić information content (AvgIpc) is 2.31. The molecular weight excluding hydrogens is 246 g/mol. The Morgan fingerprint density at radius 3 is 2.50 bits per heavy atom. The monoisotopic (exact) mass is 265 g/mol. The summed E-state index contributed by atoms with van der Waals surface area (Å²) in [5.74, 6) is 0.0165. The highest BCUT2D eigenvalue weighted by Crippen LogP contribution is 2.26. The van der Waals surface area contributed by atoms with E-state index in [-0.39, 0.29) is 11.0 Å². The lowest BCUT2D eigenvalue weighted by Gasteiger charge is -2.15. The number of hydrogen-bond donors (Lipinski definition) is 3. The van der Waals surface area contributed by atoms with Gasteiger partial charge >= 0.3 is 0 Å². The van der Waals surface area contributed by atoms with Gasteiger partial charge in [0.05, 0.1) is 0 Å². The van der Waals surface area contributed by atoms with Crippen LogP contribution in [-0.4, -0.2) is 11.0 Å². The van der Waals surface area contributed by atoms with Gasteiger partial charge in [0.15, 0.2) is 5.11 Å². The highest BCUT2D eigenvalue weighted by Gasteiger charge is 2.09. The first-order chi connectivity index (χ1) is 8.47. The molecule has 98 valence electrons. The summed E-state index contributed by atoms with van der Waals surface area (Å²) < 4.78 is 0. The first-order valence-corrected chi connectivity index (χ1v) is 6.38. The Bertz CT molecular complexity index is 472. The van der Waals surface area contributed by atoms with Crippen molar-refractivity contribution in [2.45, 2.75) is 33.6 Å². The Labute approximate surface area is 113 Å². The molecule has 0 bridgehead atoms. The second kappa shape index (κ2) is 6.35.